The molecule has 0 unspecified atom stereocenters. The highest BCUT2D eigenvalue weighted by molar-refractivity contribution is 5.44. The van der Waals surface area contributed by atoms with Crippen molar-refractivity contribution in [3.05, 3.63) is 30.3 Å². The molecule has 2 heteroatoms. The summed E-state index contributed by atoms with van der Waals surface area (Å²) in [7, 11) is 0. The standard InChI is InChI=1S/C10H14NO/c1-10(2,3)11(12)9-7-5-4-6-8-9/h4-8H,1-3H3. The van der Waals surface area contributed by atoms with E-state index in [0.717, 1.165) is 5.06 Å². The molecule has 0 aromatic heterocycles. The van der Waals surface area contributed by atoms with E-state index in [1.54, 1.807) is 0 Å². The van der Waals surface area contributed by atoms with Crippen LogP contribution in [-0.4, -0.2) is 5.54 Å². The first kappa shape index (κ1) is 9.07. The molecule has 2 nitrogen and oxygen atoms in total. The second-order valence-corrected chi connectivity index (χ2v) is 3.80. The van der Waals surface area contributed by atoms with Crippen LogP contribution in [0.1, 0.15) is 20.8 Å². The molecule has 0 N–H and O–H groups in total. The predicted octanol–water partition coefficient (Wildman–Crippen LogP) is 2.64. The summed E-state index contributed by atoms with van der Waals surface area (Å²) in [4.78, 5) is 0. The molecular weight excluding hydrogens is 150 g/mol. The zero-order valence-electron chi connectivity index (χ0n) is 7.74. The first-order valence-electron chi connectivity index (χ1n) is 4.04. The van der Waals surface area contributed by atoms with Gasteiger partial charge in [0.25, 0.3) is 0 Å². The van der Waals surface area contributed by atoms with E-state index in [2.05, 4.69) is 0 Å². The smallest absolute Gasteiger partial charge is 0.0673 e. The highest BCUT2D eigenvalue weighted by Crippen LogP contribution is 2.20. The molecule has 0 atom stereocenters. The van der Waals surface area contributed by atoms with E-state index >= 15 is 0 Å². The number of anilines is 1. The lowest BCUT2D eigenvalue weighted by Crippen LogP contribution is -2.37. The summed E-state index contributed by atoms with van der Waals surface area (Å²) in [6, 6.07) is 9.27. The maximum atomic E-state index is 11.6. The third-order valence-electron chi connectivity index (χ3n) is 1.60. The van der Waals surface area contributed by atoms with E-state index in [1.165, 1.54) is 0 Å². The van der Waals surface area contributed by atoms with Gasteiger partial charge in [-0.05, 0) is 32.9 Å². The molecule has 1 aromatic carbocycles. The summed E-state index contributed by atoms with van der Waals surface area (Å²) >= 11 is 0. The maximum Gasteiger partial charge on any atom is 0.0673 e. The minimum Gasteiger partial charge on any atom is -0.215 e. The Kier molecular flexibility index (Phi) is 2.38. The van der Waals surface area contributed by atoms with Gasteiger partial charge in [0.15, 0.2) is 0 Å². The summed E-state index contributed by atoms with van der Waals surface area (Å²) < 4.78 is 0. The number of rotatable bonds is 1. The van der Waals surface area contributed by atoms with Crippen molar-refractivity contribution in [2.45, 2.75) is 26.3 Å². The fourth-order valence-electron chi connectivity index (χ4n) is 0.951. The van der Waals surface area contributed by atoms with Crippen molar-refractivity contribution in [2.75, 3.05) is 5.06 Å². The van der Waals surface area contributed by atoms with E-state index in [-0.39, 0.29) is 5.54 Å². The Hall–Kier alpha value is -1.02. The molecule has 0 bridgehead atoms. The van der Waals surface area contributed by atoms with Gasteiger partial charge >= 0.3 is 0 Å². The van der Waals surface area contributed by atoms with Crippen molar-refractivity contribution in [3.63, 3.8) is 0 Å². The highest BCUT2D eigenvalue weighted by Gasteiger charge is 2.20. The normalized spacial score (nSPS) is 11.3. The van der Waals surface area contributed by atoms with Gasteiger partial charge in [0.1, 0.15) is 0 Å². The summed E-state index contributed by atoms with van der Waals surface area (Å²) in [6.45, 7) is 5.69. The number of para-hydroxylation sites is 1. The second kappa shape index (κ2) is 3.15. The van der Waals surface area contributed by atoms with Crippen LogP contribution in [-0.2, 0) is 5.21 Å². The topological polar surface area (TPSA) is 23.1 Å². The zero-order valence-corrected chi connectivity index (χ0v) is 7.74. The van der Waals surface area contributed by atoms with Crippen molar-refractivity contribution in [1.29, 1.82) is 0 Å². The van der Waals surface area contributed by atoms with Crippen LogP contribution in [0.3, 0.4) is 0 Å². The molecule has 1 radical (unpaired) electrons. The molecule has 0 aliphatic carbocycles. The minimum absolute atomic E-state index is 0.360. The average molecular weight is 164 g/mol. The Balaban J connectivity index is 2.86. The van der Waals surface area contributed by atoms with Gasteiger partial charge in [-0.25, -0.2) is 5.06 Å². The van der Waals surface area contributed by atoms with E-state index < -0.39 is 0 Å². The van der Waals surface area contributed by atoms with Crippen molar-refractivity contribution in [1.82, 2.24) is 0 Å². The molecule has 0 fully saturated rings. The van der Waals surface area contributed by atoms with Crippen LogP contribution in [0.15, 0.2) is 30.3 Å². The van der Waals surface area contributed by atoms with Gasteiger partial charge in [0.05, 0.1) is 11.2 Å². The molecule has 12 heavy (non-hydrogen) atoms. The molecule has 0 amide bonds. The van der Waals surface area contributed by atoms with Gasteiger partial charge in [-0.2, -0.15) is 0 Å². The number of benzene rings is 1. The minimum atomic E-state index is -0.360. The second-order valence-electron chi connectivity index (χ2n) is 3.80. The summed E-state index contributed by atoms with van der Waals surface area (Å²) in [5.74, 6) is 0. The van der Waals surface area contributed by atoms with Crippen LogP contribution >= 0.6 is 0 Å². The number of hydrogen-bond acceptors (Lipinski definition) is 1. The molecule has 0 spiro atoms. The third-order valence-corrected chi connectivity index (χ3v) is 1.60. The van der Waals surface area contributed by atoms with Gasteiger partial charge in [0.2, 0.25) is 0 Å². The number of nitrogens with zero attached hydrogens (tertiary/aromatic N) is 1. The van der Waals surface area contributed by atoms with E-state index in [9.17, 15) is 5.21 Å². The Morgan fingerprint density at radius 3 is 2.00 bits per heavy atom. The fourth-order valence-corrected chi connectivity index (χ4v) is 0.951. The zero-order chi connectivity index (χ0) is 9.19. The summed E-state index contributed by atoms with van der Waals surface area (Å²) in [5, 5.41) is 12.6. The molecule has 0 heterocycles. The lowest BCUT2D eigenvalue weighted by molar-refractivity contribution is 0.102. The average Bonchev–Trinajstić information content (AvgIpc) is 2.03. The van der Waals surface area contributed by atoms with Crippen LogP contribution in [0, 0.1) is 0 Å². The molecule has 0 saturated heterocycles. The SMILES string of the molecule is CC(C)(C)N([O])c1ccccc1. The lowest BCUT2D eigenvalue weighted by atomic mass is 10.1. The van der Waals surface area contributed by atoms with Crippen LogP contribution in [0.4, 0.5) is 5.69 Å². The summed E-state index contributed by atoms with van der Waals surface area (Å²) in [6.07, 6.45) is 0. The molecular formula is C10H14NO. The molecule has 0 aliphatic heterocycles. The predicted molar refractivity (Wildman–Crippen MR) is 49.4 cm³/mol. The fraction of sp³-hybridized carbons (Fsp3) is 0.400. The summed E-state index contributed by atoms with van der Waals surface area (Å²) in [5.41, 5.74) is 0.353. The molecule has 65 valence electrons. The Morgan fingerprint density at radius 2 is 1.58 bits per heavy atom. The highest BCUT2D eigenvalue weighted by atomic mass is 16.5. The van der Waals surface area contributed by atoms with Gasteiger partial charge in [-0.3, -0.25) is 0 Å². The van der Waals surface area contributed by atoms with Gasteiger partial charge in [-0.1, -0.05) is 23.4 Å². The van der Waals surface area contributed by atoms with Crippen molar-refractivity contribution in [2.24, 2.45) is 0 Å². The van der Waals surface area contributed by atoms with Gasteiger partial charge in [0, 0.05) is 0 Å². The first-order chi connectivity index (χ1) is 5.52. The van der Waals surface area contributed by atoms with Gasteiger partial charge < -0.3 is 0 Å². The lowest BCUT2D eigenvalue weighted by Gasteiger charge is -2.28. The third kappa shape index (κ3) is 1.98. The molecule has 0 saturated carbocycles. The van der Waals surface area contributed by atoms with E-state index in [0.29, 0.717) is 5.69 Å². The Bertz CT molecular complexity index is 238. The van der Waals surface area contributed by atoms with Crippen LogP contribution in [0.5, 0.6) is 0 Å². The molecule has 1 rings (SSSR count). The maximum absolute atomic E-state index is 11.6. The number of hydroxylamine groups is 1. The largest absolute Gasteiger partial charge is 0.215 e. The Morgan fingerprint density at radius 1 is 1.08 bits per heavy atom. The van der Waals surface area contributed by atoms with Crippen LogP contribution in [0.2, 0.25) is 0 Å². The van der Waals surface area contributed by atoms with Crippen molar-refractivity contribution < 1.29 is 5.21 Å². The molecule has 0 aliphatic rings. The number of hydrogen-bond donors (Lipinski definition) is 0. The van der Waals surface area contributed by atoms with E-state index in [4.69, 9.17) is 0 Å². The van der Waals surface area contributed by atoms with Crippen molar-refractivity contribution in [3.8, 4) is 0 Å². The molecule has 1 aromatic rings. The van der Waals surface area contributed by atoms with Crippen molar-refractivity contribution >= 4 is 5.69 Å². The first-order valence-corrected chi connectivity index (χ1v) is 4.04. The van der Waals surface area contributed by atoms with Crippen LogP contribution < -0.4 is 5.06 Å². The van der Waals surface area contributed by atoms with Crippen LogP contribution in [0.25, 0.3) is 0 Å². The van der Waals surface area contributed by atoms with Gasteiger partial charge in [-0.15, -0.1) is 0 Å². The van der Waals surface area contributed by atoms with E-state index in [1.807, 2.05) is 51.1 Å². The Labute approximate surface area is 73.4 Å². The quantitative estimate of drug-likeness (QED) is 0.585. The monoisotopic (exact) mass is 164 g/mol.